The maximum absolute atomic E-state index is 6.06. The predicted octanol–water partition coefficient (Wildman–Crippen LogP) is 1.45. The first-order valence-electron chi connectivity index (χ1n) is 5.16. The normalized spacial score (nSPS) is 26.7. The Morgan fingerprint density at radius 3 is 3.07 bits per heavy atom. The van der Waals surface area contributed by atoms with E-state index in [0.29, 0.717) is 17.1 Å². The van der Waals surface area contributed by atoms with Crippen molar-refractivity contribution in [2.24, 2.45) is 5.73 Å². The van der Waals surface area contributed by atoms with Gasteiger partial charge >= 0.3 is 0 Å². The van der Waals surface area contributed by atoms with Crippen LogP contribution in [0.5, 0.6) is 0 Å². The van der Waals surface area contributed by atoms with Gasteiger partial charge in [0.15, 0.2) is 5.82 Å². The van der Waals surface area contributed by atoms with Crippen LogP contribution in [0.15, 0.2) is 12.5 Å². The summed E-state index contributed by atoms with van der Waals surface area (Å²) in [5, 5.41) is 0.611. The zero-order chi connectivity index (χ0) is 10.8. The summed E-state index contributed by atoms with van der Waals surface area (Å²) in [5.41, 5.74) is 5.91. The molecular weight excluding hydrogens is 212 g/mol. The first-order valence-corrected chi connectivity index (χ1v) is 5.54. The van der Waals surface area contributed by atoms with Crippen molar-refractivity contribution in [3.8, 4) is 0 Å². The molecule has 1 aromatic rings. The maximum atomic E-state index is 6.06. The highest BCUT2D eigenvalue weighted by molar-refractivity contribution is 6.32. The van der Waals surface area contributed by atoms with Gasteiger partial charge in [0.25, 0.3) is 0 Å². The molecule has 0 saturated carbocycles. The third-order valence-corrected chi connectivity index (χ3v) is 3.10. The second-order valence-electron chi connectivity index (χ2n) is 4.02. The molecule has 5 heteroatoms. The number of halogens is 1. The summed E-state index contributed by atoms with van der Waals surface area (Å²) >= 11 is 6.06. The highest BCUT2D eigenvalue weighted by Gasteiger charge is 2.25. The predicted molar refractivity (Wildman–Crippen MR) is 61.1 cm³/mol. The average molecular weight is 227 g/mol. The van der Waals surface area contributed by atoms with E-state index >= 15 is 0 Å². The fourth-order valence-electron chi connectivity index (χ4n) is 2.04. The van der Waals surface area contributed by atoms with Crippen molar-refractivity contribution < 1.29 is 0 Å². The zero-order valence-electron chi connectivity index (χ0n) is 8.73. The monoisotopic (exact) mass is 226 g/mol. The molecule has 0 amide bonds. The van der Waals surface area contributed by atoms with Crippen molar-refractivity contribution in [1.82, 2.24) is 9.97 Å². The minimum atomic E-state index is 0.303. The second-order valence-corrected chi connectivity index (χ2v) is 4.43. The SMILES string of the molecule is CC1CC(N)CCN1c1ncncc1Cl. The minimum absolute atomic E-state index is 0.303. The van der Waals surface area contributed by atoms with E-state index in [1.165, 1.54) is 6.33 Å². The Morgan fingerprint density at radius 1 is 1.60 bits per heavy atom. The number of nitrogens with two attached hydrogens (primary N) is 1. The van der Waals surface area contributed by atoms with Gasteiger partial charge in [-0.3, -0.25) is 0 Å². The van der Waals surface area contributed by atoms with Gasteiger partial charge in [0.1, 0.15) is 11.3 Å². The van der Waals surface area contributed by atoms with Gasteiger partial charge in [-0.1, -0.05) is 11.6 Å². The van der Waals surface area contributed by atoms with Gasteiger partial charge in [-0.2, -0.15) is 0 Å². The average Bonchev–Trinajstić information content (AvgIpc) is 2.20. The number of anilines is 1. The van der Waals surface area contributed by atoms with E-state index in [1.807, 2.05) is 0 Å². The lowest BCUT2D eigenvalue weighted by Gasteiger charge is -2.37. The first-order chi connectivity index (χ1) is 7.18. The number of hydrogen-bond acceptors (Lipinski definition) is 4. The summed E-state index contributed by atoms with van der Waals surface area (Å²) in [6.07, 6.45) is 5.14. The Bertz CT molecular complexity index is 344. The third kappa shape index (κ3) is 2.21. The molecule has 0 aromatic carbocycles. The molecule has 1 aromatic heterocycles. The zero-order valence-corrected chi connectivity index (χ0v) is 9.48. The highest BCUT2D eigenvalue weighted by Crippen LogP contribution is 2.27. The van der Waals surface area contributed by atoms with Crippen LogP contribution in [0, 0.1) is 0 Å². The Labute approximate surface area is 94.5 Å². The van der Waals surface area contributed by atoms with Crippen LogP contribution < -0.4 is 10.6 Å². The number of nitrogens with zero attached hydrogens (tertiary/aromatic N) is 3. The molecule has 1 saturated heterocycles. The molecule has 2 atom stereocenters. The van der Waals surface area contributed by atoms with Crippen LogP contribution in [0.3, 0.4) is 0 Å². The largest absolute Gasteiger partial charge is 0.352 e. The lowest BCUT2D eigenvalue weighted by Crippen LogP contribution is -2.46. The van der Waals surface area contributed by atoms with Crippen molar-refractivity contribution >= 4 is 17.4 Å². The van der Waals surface area contributed by atoms with E-state index in [0.717, 1.165) is 25.2 Å². The van der Waals surface area contributed by atoms with Gasteiger partial charge in [0, 0.05) is 18.6 Å². The molecule has 0 aliphatic carbocycles. The number of rotatable bonds is 1. The molecule has 82 valence electrons. The number of piperidine rings is 1. The van der Waals surface area contributed by atoms with Crippen LogP contribution in [-0.4, -0.2) is 28.6 Å². The topological polar surface area (TPSA) is 55.0 Å². The smallest absolute Gasteiger partial charge is 0.151 e. The molecule has 15 heavy (non-hydrogen) atoms. The standard InChI is InChI=1S/C10H15ClN4/c1-7-4-8(12)2-3-15(7)10-9(11)5-13-6-14-10/h5-8H,2-4,12H2,1H3. The van der Waals surface area contributed by atoms with Crippen LogP contribution in [-0.2, 0) is 0 Å². The molecular formula is C10H15ClN4. The van der Waals surface area contributed by atoms with Crippen LogP contribution >= 0.6 is 11.6 Å². The quantitative estimate of drug-likeness (QED) is 0.788. The Hall–Kier alpha value is -0.870. The van der Waals surface area contributed by atoms with E-state index in [4.69, 9.17) is 17.3 Å². The highest BCUT2D eigenvalue weighted by atomic mass is 35.5. The van der Waals surface area contributed by atoms with Crippen LogP contribution in [0.4, 0.5) is 5.82 Å². The van der Waals surface area contributed by atoms with Crippen LogP contribution in [0.25, 0.3) is 0 Å². The Balaban J connectivity index is 2.20. The fraction of sp³-hybridized carbons (Fsp3) is 0.600. The number of hydrogen-bond donors (Lipinski definition) is 1. The molecule has 1 fully saturated rings. The van der Waals surface area contributed by atoms with Crippen molar-refractivity contribution in [3.05, 3.63) is 17.5 Å². The molecule has 2 heterocycles. The Kier molecular flexibility index (Phi) is 3.07. The lowest BCUT2D eigenvalue weighted by atomic mass is 9.99. The van der Waals surface area contributed by atoms with Crippen molar-refractivity contribution in [2.75, 3.05) is 11.4 Å². The molecule has 4 nitrogen and oxygen atoms in total. The van der Waals surface area contributed by atoms with E-state index in [9.17, 15) is 0 Å². The summed E-state index contributed by atoms with van der Waals surface area (Å²) in [6.45, 7) is 3.07. The summed E-state index contributed by atoms with van der Waals surface area (Å²) in [7, 11) is 0. The van der Waals surface area contributed by atoms with Crippen LogP contribution in [0.2, 0.25) is 5.02 Å². The van der Waals surface area contributed by atoms with Gasteiger partial charge in [-0.05, 0) is 19.8 Å². The van der Waals surface area contributed by atoms with Gasteiger partial charge in [0.05, 0.1) is 6.20 Å². The van der Waals surface area contributed by atoms with Crippen molar-refractivity contribution in [1.29, 1.82) is 0 Å². The third-order valence-electron chi connectivity index (χ3n) is 2.84. The molecule has 2 unspecified atom stereocenters. The Morgan fingerprint density at radius 2 is 2.40 bits per heavy atom. The summed E-state index contributed by atoms with van der Waals surface area (Å²) in [6, 6.07) is 0.693. The van der Waals surface area contributed by atoms with Gasteiger partial charge in [0.2, 0.25) is 0 Å². The molecule has 1 aliphatic rings. The van der Waals surface area contributed by atoms with E-state index in [-0.39, 0.29) is 0 Å². The molecule has 1 aliphatic heterocycles. The molecule has 0 spiro atoms. The summed E-state index contributed by atoms with van der Waals surface area (Å²) in [5.74, 6) is 0.825. The molecule has 2 rings (SSSR count). The van der Waals surface area contributed by atoms with E-state index in [1.54, 1.807) is 6.20 Å². The van der Waals surface area contributed by atoms with Crippen LogP contribution in [0.1, 0.15) is 19.8 Å². The number of aromatic nitrogens is 2. The van der Waals surface area contributed by atoms with E-state index in [2.05, 4.69) is 21.8 Å². The molecule has 0 radical (unpaired) electrons. The lowest BCUT2D eigenvalue weighted by molar-refractivity contribution is 0.427. The summed E-state index contributed by atoms with van der Waals surface area (Å²) < 4.78 is 0. The van der Waals surface area contributed by atoms with Gasteiger partial charge in [-0.15, -0.1) is 0 Å². The van der Waals surface area contributed by atoms with Gasteiger partial charge in [-0.25, -0.2) is 9.97 Å². The second kappa shape index (κ2) is 4.33. The van der Waals surface area contributed by atoms with Gasteiger partial charge < -0.3 is 10.6 Å². The molecule has 0 bridgehead atoms. The minimum Gasteiger partial charge on any atom is -0.352 e. The first kappa shape index (κ1) is 10.6. The van der Waals surface area contributed by atoms with Crippen molar-refractivity contribution in [2.45, 2.75) is 31.8 Å². The summed E-state index contributed by atoms with van der Waals surface area (Å²) in [4.78, 5) is 10.3. The molecule has 2 N–H and O–H groups in total. The van der Waals surface area contributed by atoms with E-state index < -0.39 is 0 Å². The van der Waals surface area contributed by atoms with Crippen molar-refractivity contribution in [3.63, 3.8) is 0 Å². The fourth-order valence-corrected chi connectivity index (χ4v) is 2.25. The maximum Gasteiger partial charge on any atom is 0.151 e.